The highest BCUT2D eigenvalue weighted by molar-refractivity contribution is 5.55. The second kappa shape index (κ2) is 8.05. The maximum Gasteiger partial charge on any atom is 0.0666 e. The minimum Gasteiger partial charge on any atom is -0.383 e. The van der Waals surface area contributed by atoms with Crippen molar-refractivity contribution in [2.24, 2.45) is 5.92 Å². The Bertz CT molecular complexity index is 344. The first-order chi connectivity index (χ1) is 9.12. The molecule has 0 heterocycles. The van der Waals surface area contributed by atoms with Crippen LogP contribution in [-0.4, -0.2) is 32.8 Å². The summed E-state index contributed by atoms with van der Waals surface area (Å²) < 4.78 is 5.26. The van der Waals surface area contributed by atoms with E-state index in [4.69, 9.17) is 4.74 Å². The Hall–Kier alpha value is -1.22. The summed E-state index contributed by atoms with van der Waals surface area (Å²) in [7, 11) is 1.75. The topological polar surface area (TPSA) is 24.5 Å². The quantitative estimate of drug-likeness (QED) is 0.776. The Morgan fingerprint density at radius 3 is 2.11 bits per heavy atom. The van der Waals surface area contributed by atoms with Crippen LogP contribution < -0.4 is 10.2 Å². The van der Waals surface area contributed by atoms with E-state index in [0.717, 1.165) is 25.4 Å². The molecule has 0 aliphatic rings. The minimum atomic E-state index is 0.351. The molecule has 1 unspecified atom stereocenters. The van der Waals surface area contributed by atoms with Crippen molar-refractivity contribution in [3.8, 4) is 0 Å². The zero-order valence-corrected chi connectivity index (χ0v) is 12.9. The van der Waals surface area contributed by atoms with E-state index < -0.39 is 0 Å². The Balaban J connectivity index is 2.70. The standard InChI is InChI=1S/C16H28N2O/c1-6-18(7-2)15-10-8-14(9-11-15)17-16(12-19-5)13(3)4/h8-11,13,16-17H,6-7,12H2,1-5H3. The summed E-state index contributed by atoms with van der Waals surface area (Å²) in [5.74, 6) is 0.544. The van der Waals surface area contributed by atoms with Gasteiger partial charge >= 0.3 is 0 Å². The second-order valence-corrected chi connectivity index (χ2v) is 5.17. The van der Waals surface area contributed by atoms with Crippen LogP contribution in [0, 0.1) is 5.92 Å². The van der Waals surface area contributed by atoms with Crippen LogP contribution >= 0.6 is 0 Å². The molecular weight excluding hydrogens is 236 g/mol. The van der Waals surface area contributed by atoms with E-state index in [-0.39, 0.29) is 0 Å². The van der Waals surface area contributed by atoms with Gasteiger partial charge in [-0.05, 0) is 44.0 Å². The molecule has 0 saturated heterocycles. The van der Waals surface area contributed by atoms with Crippen molar-refractivity contribution in [3.63, 3.8) is 0 Å². The highest BCUT2D eigenvalue weighted by Gasteiger charge is 2.12. The lowest BCUT2D eigenvalue weighted by Gasteiger charge is -2.24. The summed E-state index contributed by atoms with van der Waals surface area (Å²) >= 11 is 0. The number of anilines is 2. The molecule has 0 fully saturated rings. The first-order valence-corrected chi connectivity index (χ1v) is 7.22. The molecule has 0 aromatic heterocycles. The van der Waals surface area contributed by atoms with Gasteiger partial charge in [0, 0.05) is 31.6 Å². The molecule has 0 aliphatic carbocycles. The van der Waals surface area contributed by atoms with Gasteiger partial charge in [0.2, 0.25) is 0 Å². The molecule has 0 amide bonds. The first kappa shape index (κ1) is 15.8. The van der Waals surface area contributed by atoms with Crippen LogP contribution in [0.2, 0.25) is 0 Å². The van der Waals surface area contributed by atoms with Crippen LogP contribution in [-0.2, 0) is 4.74 Å². The van der Waals surface area contributed by atoms with Crippen LogP contribution in [0.25, 0.3) is 0 Å². The Kier molecular flexibility index (Phi) is 6.71. The van der Waals surface area contributed by atoms with E-state index in [1.54, 1.807) is 7.11 Å². The average molecular weight is 264 g/mol. The monoisotopic (exact) mass is 264 g/mol. The Morgan fingerprint density at radius 2 is 1.68 bits per heavy atom. The lowest BCUT2D eigenvalue weighted by atomic mass is 10.0. The molecule has 0 spiro atoms. The fourth-order valence-corrected chi connectivity index (χ4v) is 2.15. The van der Waals surface area contributed by atoms with Crippen molar-refractivity contribution in [3.05, 3.63) is 24.3 Å². The number of nitrogens with zero attached hydrogens (tertiary/aromatic N) is 1. The molecule has 1 aromatic rings. The number of ether oxygens (including phenoxy) is 1. The fourth-order valence-electron chi connectivity index (χ4n) is 2.15. The van der Waals surface area contributed by atoms with Crippen LogP contribution in [0.4, 0.5) is 11.4 Å². The van der Waals surface area contributed by atoms with Crippen LogP contribution in [0.1, 0.15) is 27.7 Å². The number of hydrogen-bond donors (Lipinski definition) is 1. The summed E-state index contributed by atoms with van der Waals surface area (Å²) in [4.78, 5) is 2.35. The fraction of sp³-hybridized carbons (Fsp3) is 0.625. The first-order valence-electron chi connectivity index (χ1n) is 7.22. The van der Waals surface area contributed by atoms with E-state index in [1.165, 1.54) is 5.69 Å². The number of benzene rings is 1. The van der Waals surface area contributed by atoms with Gasteiger partial charge in [0.25, 0.3) is 0 Å². The third-order valence-electron chi connectivity index (χ3n) is 3.50. The van der Waals surface area contributed by atoms with Crippen molar-refractivity contribution in [2.45, 2.75) is 33.7 Å². The van der Waals surface area contributed by atoms with E-state index >= 15 is 0 Å². The summed E-state index contributed by atoms with van der Waals surface area (Å²) in [6, 6.07) is 9.01. The van der Waals surface area contributed by atoms with Crippen LogP contribution in [0.15, 0.2) is 24.3 Å². The summed E-state index contributed by atoms with van der Waals surface area (Å²) in [6.07, 6.45) is 0. The summed E-state index contributed by atoms with van der Waals surface area (Å²) in [5, 5.41) is 3.54. The van der Waals surface area contributed by atoms with Gasteiger partial charge in [0.15, 0.2) is 0 Å². The zero-order valence-electron chi connectivity index (χ0n) is 12.9. The smallest absolute Gasteiger partial charge is 0.0666 e. The molecule has 19 heavy (non-hydrogen) atoms. The highest BCUT2D eigenvalue weighted by atomic mass is 16.5. The van der Waals surface area contributed by atoms with Gasteiger partial charge in [-0.25, -0.2) is 0 Å². The van der Waals surface area contributed by atoms with Crippen LogP contribution in [0.3, 0.4) is 0 Å². The zero-order chi connectivity index (χ0) is 14.3. The molecule has 0 bridgehead atoms. The van der Waals surface area contributed by atoms with Gasteiger partial charge in [0.1, 0.15) is 0 Å². The predicted molar refractivity (Wildman–Crippen MR) is 84.1 cm³/mol. The van der Waals surface area contributed by atoms with Crippen molar-refractivity contribution in [1.29, 1.82) is 0 Å². The van der Waals surface area contributed by atoms with Gasteiger partial charge in [0.05, 0.1) is 12.6 Å². The number of rotatable bonds is 8. The van der Waals surface area contributed by atoms with Gasteiger partial charge in [-0.15, -0.1) is 0 Å². The van der Waals surface area contributed by atoms with Crippen molar-refractivity contribution >= 4 is 11.4 Å². The van der Waals surface area contributed by atoms with Gasteiger partial charge in [-0.1, -0.05) is 13.8 Å². The lowest BCUT2D eigenvalue weighted by Crippen LogP contribution is -2.30. The van der Waals surface area contributed by atoms with Gasteiger partial charge in [-0.3, -0.25) is 0 Å². The molecular formula is C16H28N2O. The SMILES string of the molecule is CCN(CC)c1ccc(NC(COC)C(C)C)cc1. The van der Waals surface area contributed by atoms with Crippen LogP contribution in [0.5, 0.6) is 0 Å². The molecule has 0 saturated carbocycles. The Labute approximate surface area is 118 Å². The van der Waals surface area contributed by atoms with Crippen molar-refractivity contribution < 1.29 is 4.74 Å². The predicted octanol–water partition coefficient (Wildman–Crippen LogP) is 3.62. The minimum absolute atomic E-state index is 0.351. The number of nitrogens with one attached hydrogen (secondary N) is 1. The average Bonchev–Trinajstić information content (AvgIpc) is 2.41. The van der Waals surface area contributed by atoms with Gasteiger partial charge < -0.3 is 15.0 Å². The summed E-state index contributed by atoms with van der Waals surface area (Å²) in [5.41, 5.74) is 2.44. The molecule has 0 aliphatic heterocycles. The maximum absolute atomic E-state index is 5.26. The molecule has 3 nitrogen and oxygen atoms in total. The van der Waals surface area contributed by atoms with E-state index in [1.807, 2.05) is 0 Å². The molecule has 1 rings (SSSR count). The summed E-state index contributed by atoms with van der Waals surface area (Å²) in [6.45, 7) is 11.6. The maximum atomic E-state index is 5.26. The molecule has 108 valence electrons. The van der Waals surface area contributed by atoms with Crippen molar-refractivity contribution in [1.82, 2.24) is 0 Å². The largest absolute Gasteiger partial charge is 0.383 e. The van der Waals surface area contributed by atoms with E-state index in [2.05, 4.69) is 62.2 Å². The lowest BCUT2D eigenvalue weighted by molar-refractivity contribution is 0.171. The van der Waals surface area contributed by atoms with E-state index in [9.17, 15) is 0 Å². The second-order valence-electron chi connectivity index (χ2n) is 5.17. The van der Waals surface area contributed by atoms with Gasteiger partial charge in [-0.2, -0.15) is 0 Å². The number of hydrogen-bond acceptors (Lipinski definition) is 3. The molecule has 0 radical (unpaired) electrons. The third-order valence-corrected chi connectivity index (χ3v) is 3.50. The molecule has 3 heteroatoms. The third kappa shape index (κ3) is 4.75. The normalized spacial score (nSPS) is 12.5. The molecule has 1 atom stereocenters. The highest BCUT2D eigenvalue weighted by Crippen LogP contribution is 2.19. The number of methoxy groups -OCH3 is 1. The molecule has 1 N–H and O–H groups in total. The Morgan fingerprint density at radius 1 is 1.11 bits per heavy atom. The van der Waals surface area contributed by atoms with E-state index in [0.29, 0.717) is 12.0 Å². The molecule has 1 aromatic carbocycles. The van der Waals surface area contributed by atoms with Crippen molar-refractivity contribution in [2.75, 3.05) is 37.0 Å².